The van der Waals surface area contributed by atoms with Gasteiger partial charge in [-0.2, -0.15) is 0 Å². The Balaban J connectivity index is 1.84. The van der Waals surface area contributed by atoms with Crippen molar-refractivity contribution in [2.45, 2.75) is 156 Å². The Kier molecular flexibility index (Phi) is 39.9. The number of guanidine groups is 5. The summed E-state index contributed by atoms with van der Waals surface area (Å²) in [6.07, 6.45) is 13.0. The first kappa shape index (κ1) is 85.5. The van der Waals surface area contributed by atoms with Crippen molar-refractivity contribution in [3.63, 3.8) is 0 Å². The Labute approximate surface area is 609 Å². The minimum atomic E-state index is -0.714. The van der Waals surface area contributed by atoms with Crippen LogP contribution in [0.4, 0.5) is 5.69 Å². The van der Waals surface area contributed by atoms with Crippen molar-refractivity contribution in [3.8, 4) is 22.5 Å². The molecule has 4 rings (SSSR count). The zero-order valence-electron chi connectivity index (χ0n) is 61.9. The zero-order valence-corrected chi connectivity index (χ0v) is 61.9. The molecule has 22 N–H and O–H groups in total. The number of benzene rings is 3. The van der Waals surface area contributed by atoms with Crippen LogP contribution in [0, 0.1) is 0 Å². The van der Waals surface area contributed by atoms with Gasteiger partial charge in [0.05, 0.1) is 32.2 Å². The molecule has 0 saturated carbocycles. The van der Waals surface area contributed by atoms with Crippen LogP contribution in [0.5, 0.6) is 0 Å². The molecular formula is C73H122N23O7+. The molecule has 0 bridgehead atoms. The normalized spacial score (nSPS) is 11.0. The highest BCUT2D eigenvalue weighted by Crippen LogP contribution is 2.42. The van der Waals surface area contributed by atoms with Gasteiger partial charge in [-0.1, -0.05) is 82.4 Å². The fraction of sp³-hybridized carbons (Fsp3) is 0.589. The fourth-order valence-electron chi connectivity index (χ4n) is 12.3. The molecule has 1 aliphatic carbocycles. The first-order valence-electron chi connectivity index (χ1n) is 36.9. The largest absolute Gasteiger partial charge is 0.456 e. The number of fused-ring (bicyclic) bond motifs is 2. The Morgan fingerprint density at radius 1 is 0.388 bits per heavy atom. The van der Waals surface area contributed by atoms with Gasteiger partial charge in [-0.15, -0.1) is 0 Å². The summed E-state index contributed by atoms with van der Waals surface area (Å²) < 4.78 is 9.10. The van der Waals surface area contributed by atoms with E-state index in [0.717, 1.165) is 73.0 Å². The molecular weight excluding hydrogens is 1310 g/mol. The average Bonchev–Trinajstić information content (AvgIpc) is 0.745. The smallest absolute Gasteiger partial charge is 0.254 e. The summed E-state index contributed by atoms with van der Waals surface area (Å²) in [6, 6.07) is 19.8. The highest BCUT2D eigenvalue weighted by molar-refractivity contribution is 6.10. The molecule has 1 heterocycles. The second-order valence-corrected chi connectivity index (χ2v) is 25.8. The Morgan fingerprint density at radius 2 is 0.748 bits per heavy atom. The van der Waals surface area contributed by atoms with E-state index in [0.29, 0.717) is 164 Å². The Morgan fingerprint density at radius 3 is 1.12 bits per heavy atom. The molecule has 0 atom stereocenters. The predicted molar refractivity (Wildman–Crippen MR) is 415 cm³/mol. The number of hydrogen-bond donors (Lipinski definition) is 11. The summed E-state index contributed by atoms with van der Waals surface area (Å²) in [5, 5.41) is 1.79. The molecule has 570 valence electrons. The zero-order chi connectivity index (χ0) is 75.5. The van der Waals surface area contributed by atoms with E-state index in [2.05, 4.69) is 98.5 Å². The van der Waals surface area contributed by atoms with Crippen LogP contribution in [0.2, 0.25) is 0 Å². The SMILES string of the molecule is CCN(CC)c1ccc2c(-c3ccccc3C(=O)N(CCCCCCN=C(N)N)CC(=O)N(CCCCCCN=C(N)N)CC(=O)N(CCCCCCN=C(N)N)CC(=O)N(CCCCCCN=C(N)N)CC(=O)N(CCCCCCN=C(N)N)CC(N)=O)c3ccc(=[N+](CC)CC)cc-3oc2c1. The lowest BCUT2D eigenvalue weighted by Crippen LogP contribution is -2.51. The molecule has 0 saturated heterocycles. The van der Waals surface area contributed by atoms with E-state index < -0.39 is 49.2 Å². The molecule has 2 aromatic rings. The number of unbranched alkanes of at least 4 members (excludes halogenated alkanes) is 15. The first-order valence-corrected chi connectivity index (χ1v) is 36.9. The van der Waals surface area contributed by atoms with E-state index in [-0.39, 0.29) is 81.5 Å². The molecule has 0 unspecified atom stereocenters. The standard InChI is InChI=1S/C73H121N23O7/c1-5-90(6-2)54-33-35-58-60(47-54)103-61-48-55(91(7-3)8-4)34-36-59(61)67(58)56-31-19-20-32-57(56)68(102)96(46-30-18-13-25-41-89-73(83)84)53-66(101)95(45-29-17-12-24-40-88-72(81)82)52-65(100)94(44-28-16-11-23-39-87-71(79)80)51-64(99)93(43-27-15-10-22-38-86-70(77)78)50-63(98)92(49-62(74)97)42-26-14-9-21-37-85-69(75)76/h19-20,31-36,47-48H,5-18,21-30,37-46,49-53H2,1-4H3,(H21-,74,75,76,77,78,79,80,81,82,83,84,85,86,87,88,89,97)/p+1. The number of aliphatic imine (C=N–C) groups is 5. The van der Waals surface area contributed by atoms with Crippen LogP contribution in [-0.4, -0.2) is 214 Å². The van der Waals surface area contributed by atoms with Crippen molar-refractivity contribution in [3.05, 3.63) is 71.6 Å². The van der Waals surface area contributed by atoms with Gasteiger partial charge < -0.3 is 96.9 Å². The predicted octanol–water partition coefficient (Wildman–Crippen LogP) is 3.27. The van der Waals surface area contributed by atoms with Crippen LogP contribution >= 0.6 is 0 Å². The summed E-state index contributed by atoms with van der Waals surface area (Å²) in [5.74, 6) is -2.48. The third-order valence-corrected chi connectivity index (χ3v) is 17.9. The summed E-state index contributed by atoms with van der Waals surface area (Å²) in [6.45, 7) is 12.5. The molecule has 0 fully saturated rings. The summed E-state index contributed by atoms with van der Waals surface area (Å²) in [7, 11) is 0. The van der Waals surface area contributed by atoms with Gasteiger partial charge in [0.2, 0.25) is 34.9 Å². The Bertz CT molecular complexity index is 3470. The molecule has 0 aromatic heterocycles. The molecule has 2 aromatic carbocycles. The number of rotatable bonds is 52. The molecule has 103 heavy (non-hydrogen) atoms. The van der Waals surface area contributed by atoms with E-state index in [1.165, 1.54) is 19.6 Å². The van der Waals surface area contributed by atoms with Crippen LogP contribution in [0.15, 0.2) is 90.0 Å². The quantitative estimate of drug-likeness (QED) is 0.00993. The number of carbonyl (C=O) groups is 6. The van der Waals surface area contributed by atoms with Crippen molar-refractivity contribution < 1.29 is 33.2 Å². The van der Waals surface area contributed by atoms with Crippen molar-refractivity contribution in [2.75, 3.05) is 129 Å². The van der Waals surface area contributed by atoms with E-state index in [9.17, 15) is 9.59 Å². The topological polar surface area (TPSA) is 486 Å². The summed E-state index contributed by atoms with van der Waals surface area (Å²) in [5.41, 5.74) is 65.9. The second kappa shape index (κ2) is 48.1. The summed E-state index contributed by atoms with van der Waals surface area (Å²) in [4.78, 5) is 119. The van der Waals surface area contributed by atoms with Gasteiger partial charge in [-0.25, -0.2) is 4.58 Å². The second-order valence-electron chi connectivity index (χ2n) is 25.8. The third-order valence-electron chi connectivity index (χ3n) is 17.9. The van der Waals surface area contributed by atoms with Gasteiger partial charge in [0.15, 0.2) is 29.8 Å². The van der Waals surface area contributed by atoms with Crippen molar-refractivity contribution in [1.82, 2.24) is 29.1 Å². The van der Waals surface area contributed by atoms with E-state index in [4.69, 9.17) is 67.5 Å². The number of hydrogen-bond acceptors (Lipinski definition) is 13. The highest BCUT2D eigenvalue weighted by atomic mass is 16.3. The Hall–Kier alpha value is -9.90. The minimum absolute atomic E-state index is 0.00392. The first-order chi connectivity index (χ1) is 49.5. The van der Waals surface area contributed by atoms with Gasteiger partial charge >= 0.3 is 0 Å². The lowest BCUT2D eigenvalue weighted by Gasteiger charge is -2.32. The third kappa shape index (κ3) is 31.9. The number of anilines is 1. The van der Waals surface area contributed by atoms with E-state index in [1.807, 2.05) is 18.2 Å². The number of amides is 6. The number of nitrogens with zero attached hydrogens (tertiary/aromatic N) is 12. The lowest BCUT2D eigenvalue weighted by atomic mass is 9.90. The van der Waals surface area contributed by atoms with Crippen molar-refractivity contribution in [2.24, 2.45) is 88.0 Å². The number of primary amides is 1. The average molecular weight is 1430 g/mol. The summed E-state index contributed by atoms with van der Waals surface area (Å²) >= 11 is 0. The van der Waals surface area contributed by atoms with Gasteiger partial charge in [-0.3, -0.25) is 53.7 Å². The highest BCUT2D eigenvalue weighted by Gasteiger charge is 2.31. The maximum Gasteiger partial charge on any atom is 0.254 e. The maximum absolute atomic E-state index is 15.9. The molecule has 6 amide bonds. The maximum atomic E-state index is 15.9. The fourth-order valence-corrected chi connectivity index (χ4v) is 12.3. The molecule has 2 aliphatic rings. The number of carbonyl (C=O) groups excluding carboxylic acids is 6. The van der Waals surface area contributed by atoms with Crippen LogP contribution in [0.3, 0.4) is 0 Å². The van der Waals surface area contributed by atoms with E-state index in [1.54, 1.807) is 11.0 Å². The van der Waals surface area contributed by atoms with Crippen LogP contribution in [-0.2, 0) is 24.0 Å². The molecule has 0 radical (unpaired) electrons. The number of nitrogens with two attached hydrogens (primary N) is 11. The van der Waals surface area contributed by atoms with Gasteiger partial charge in [0, 0.05) is 118 Å². The molecule has 30 heteroatoms. The van der Waals surface area contributed by atoms with Crippen molar-refractivity contribution >= 4 is 81.9 Å². The molecule has 0 spiro atoms. The monoisotopic (exact) mass is 1430 g/mol. The van der Waals surface area contributed by atoms with E-state index >= 15 is 19.2 Å². The van der Waals surface area contributed by atoms with Gasteiger partial charge in [0.25, 0.3) is 5.91 Å². The lowest BCUT2D eigenvalue weighted by molar-refractivity contribution is -0.146. The van der Waals surface area contributed by atoms with Crippen LogP contribution in [0.25, 0.3) is 33.4 Å². The molecule has 1 aliphatic heterocycles. The minimum Gasteiger partial charge on any atom is -0.456 e. The van der Waals surface area contributed by atoms with Crippen LogP contribution in [0.1, 0.15) is 166 Å². The van der Waals surface area contributed by atoms with Gasteiger partial charge in [-0.05, 0) is 122 Å². The van der Waals surface area contributed by atoms with Crippen LogP contribution < -0.4 is 77.9 Å². The van der Waals surface area contributed by atoms with Crippen molar-refractivity contribution in [1.29, 1.82) is 0 Å². The van der Waals surface area contributed by atoms with Gasteiger partial charge in [0.1, 0.15) is 31.0 Å². The molecule has 30 nitrogen and oxygen atoms in total.